The standard InChI is InChI=1S/C12H13BrN2O/c1-2-3-7-11-14-15-12(16-11)9-5-4-6-10(13)8-9/h4-6,8H,2-3,7H2,1H3. The van der Waals surface area contributed by atoms with Crippen LogP contribution in [0.4, 0.5) is 0 Å². The predicted octanol–water partition coefficient (Wildman–Crippen LogP) is 3.84. The third-order valence-corrected chi connectivity index (χ3v) is 2.78. The lowest BCUT2D eigenvalue weighted by molar-refractivity contribution is 0.496. The molecule has 0 fully saturated rings. The van der Waals surface area contributed by atoms with E-state index in [1.165, 1.54) is 0 Å². The van der Waals surface area contributed by atoms with Gasteiger partial charge < -0.3 is 4.42 Å². The molecule has 0 saturated carbocycles. The Morgan fingerprint density at radius 3 is 2.94 bits per heavy atom. The van der Waals surface area contributed by atoms with E-state index in [4.69, 9.17) is 4.42 Å². The van der Waals surface area contributed by atoms with Crippen LogP contribution >= 0.6 is 15.9 Å². The second kappa shape index (κ2) is 5.25. The average molecular weight is 281 g/mol. The number of unbranched alkanes of at least 4 members (excludes halogenated alkanes) is 1. The lowest BCUT2D eigenvalue weighted by Crippen LogP contribution is -1.83. The Balaban J connectivity index is 2.18. The zero-order valence-corrected chi connectivity index (χ0v) is 10.7. The molecule has 0 amide bonds. The highest BCUT2D eigenvalue weighted by molar-refractivity contribution is 9.10. The molecule has 0 radical (unpaired) electrons. The first-order valence-corrected chi connectivity index (χ1v) is 6.17. The highest BCUT2D eigenvalue weighted by atomic mass is 79.9. The van der Waals surface area contributed by atoms with Crippen LogP contribution in [-0.4, -0.2) is 10.2 Å². The van der Waals surface area contributed by atoms with Crippen LogP contribution in [0.2, 0.25) is 0 Å². The Morgan fingerprint density at radius 2 is 2.19 bits per heavy atom. The van der Waals surface area contributed by atoms with Gasteiger partial charge in [-0.3, -0.25) is 0 Å². The number of aryl methyl sites for hydroxylation is 1. The van der Waals surface area contributed by atoms with E-state index in [2.05, 4.69) is 33.1 Å². The lowest BCUT2D eigenvalue weighted by Gasteiger charge is -1.95. The molecule has 0 bridgehead atoms. The van der Waals surface area contributed by atoms with Crippen molar-refractivity contribution in [2.75, 3.05) is 0 Å². The second-order valence-corrected chi connectivity index (χ2v) is 4.53. The Hall–Kier alpha value is -1.16. The first-order valence-electron chi connectivity index (χ1n) is 5.38. The number of halogens is 1. The van der Waals surface area contributed by atoms with Crippen LogP contribution in [-0.2, 0) is 6.42 Å². The van der Waals surface area contributed by atoms with Gasteiger partial charge in [0.05, 0.1) is 0 Å². The number of hydrogen-bond donors (Lipinski definition) is 0. The summed E-state index contributed by atoms with van der Waals surface area (Å²) >= 11 is 3.42. The fourth-order valence-electron chi connectivity index (χ4n) is 1.42. The third-order valence-electron chi connectivity index (χ3n) is 2.28. The molecular formula is C12H13BrN2O. The SMILES string of the molecule is CCCCc1nnc(-c2cccc(Br)c2)o1. The minimum Gasteiger partial charge on any atom is -0.421 e. The van der Waals surface area contributed by atoms with Crippen molar-refractivity contribution < 1.29 is 4.42 Å². The first-order chi connectivity index (χ1) is 7.79. The van der Waals surface area contributed by atoms with E-state index in [-0.39, 0.29) is 0 Å². The van der Waals surface area contributed by atoms with Crippen molar-refractivity contribution in [1.82, 2.24) is 10.2 Å². The molecule has 84 valence electrons. The summed E-state index contributed by atoms with van der Waals surface area (Å²) in [4.78, 5) is 0. The molecular weight excluding hydrogens is 268 g/mol. The van der Waals surface area contributed by atoms with Crippen molar-refractivity contribution >= 4 is 15.9 Å². The van der Waals surface area contributed by atoms with Crippen LogP contribution in [0.5, 0.6) is 0 Å². The number of aromatic nitrogens is 2. The van der Waals surface area contributed by atoms with Crippen LogP contribution in [0.15, 0.2) is 33.2 Å². The van der Waals surface area contributed by atoms with Gasteiger partial charge in [-0.2, -0.15) is 0 Å². The maximum Gasteiger partial charge on any atom is 0.247 e. The summed E-state index contributed by atoms with van der Waals surface area (Å²) in [5, 5.41) is 8.07. The van der Waals surface area contributed by atoms with Gasteiger partial charge in [-0.05, 0) is 24.6 Å². The molecule has 2 rings (SSSR count). The summed E-state index contributed by atoms with van der Waals surface area (Å²) in [7, 11) is 0. The van der Waals surface area contributed by atoms with Crippen LogP contribution in [0.25, 0.3) is 11.5 Å². The fraction of sp³-hybridized carbons (Fsp3) is 0.333. The van der Waals surface area contributed by atoms with Gasteiger partial charge in [0.1, 0.15) is 0 Å². The minimum atomic E-state index is 0.590. The van der Waals surface area contributed by atoms with Gasteiger partial charge in [0, 0.05) is 16.5 Å². The number of hydrogen-bond acceptors (Lipinski definition) is 3. The van der Waals surface area contributed by atoms with Gasteiger partial charge in [0.2, 0.25) is 11.8 Å². The van der Waals surface area contributed by atoms with Gasteiger partial charge in [0.25, 0.3) is 0 Å². The van der Waals surface area contributed by atoms with E-state index in [0.29, 0.717) is 5.89 Å². The van der Waals surface area contributed by atoms with Gasteiger partial charge in [-0.1, -0.05) is 35.3 Å². The Labute approximate surface area is 103 Å². The summed E-state index contributed by atoms with van der Waals surface area (Å²) in [5.41, 5.74) is 0.949. The van der Waals surface area contributed by atoms with E-state index in [9.17, 15) is 0 Å². The van der Waals surface area contributed by atoms with E-state index < -0.39 is 0 Å². The zero-order valence-electron chi connectivity index (χ0n) is 9.11. The molecule has 1 aromatic carbocycles. The first kappa shape index (κ1) is 11.3. The topological polar surface area (TPSA) is 38.9 Å². The second-order valence-electron chi connectivity index (χ2n) is 3.61. The van der Waals surface area contributed by atoms with E-state index in [1.807, 2.05) is 24.3 Å². The van der Waals surface area contributed by atoms with Crippen molar-refractivity contribution in [2.45, 2.75) is 26.2 Å². The van der Waals surface area contributed by atoms with Crippen LogP contribution in [0, 0.1) is 0 Å². The largest absolute Gasteiger partial charge is 0.421 e. The van der Waals surface area contributed by atoms with Gasteiger partial charge >= 0.3 is 0 Å². The number of benzene rings is 1. The molecule has 0 aliphatic rings. The summed E-state index contributed by atoms with van der Waals surface area (Å²) in [6.07, 6.45) is 3.08. The summed E-state index contributed by atoms with van der Waals surface area (Å²) < 4.78 is 6.60. The normalized spacial score (nSPS) is 10.6. The molecule has 1 heterocycles. The van der Waals surface area contributed by atoms with E-state index in [1.54, 1.807) is 0 Å². The van der Waals surface area contributed by atoms with Crippen molar-refractivity contribution in [3.8, 4) is 11.5 Å². The molecule has 0 atom stereocenters. The van der Waals surface area contributed by atoms with Gasteiger partial charge in [-0.15, -0.1) is 10.2 Å². The Bertz CT molecular complexity index is 468. The highest BCUT2D eigenvalue weighted by Crippen LogP contribution is 2.22. The molecule has 4 heteroatoms. The molecule has 3 nitrogen and oxygen atoms in total. The summed E-state index contributed by atoms with van der Waals surface area (Å²) in [6, 6.07) is 7.85. The molecule has 0 saturated heterocycles. The lowest BCUT2D eigenvalue weighted by atomic mass is 10.2. The fourth-order valence-corrected chi connectivity index (χ4v) is 1.82. The van der Waals surface area contributed by atoms with Crippen LogP contribution < -0.4 is 0 Å². The van der Waals surface area contributed by atoms with Crippen molar-refractivity contribution in [1.29, 1.82) is 0 Å². The monoisotopic (exact) mass is 280 g/mol. The van der Waals surface area contributed by atoms with E-state index >= 15 is 0 Å². The van der Waals surface area contributed by atoms with Crippen molar-refractivity contribution in [3.05, 3.63) is 34.6 Å². The molecule has 16 heavy (non-hydrogen) atoms. The molecule has 0 aliphatic carbocycles. The van der Waals surface area contributed by atoms with Crippen LogP contribution in [0.1, 0.15) is 25.7 Å². The van der Waals surface area contributed by atoms with Gasteiger partial charge in [-0.25, -0.2) is 0 Å². The number of rotatable bonds is 4. The maximum atomic E-state index is 5.58. The summed E-state index contributed by atoms with van der Waals surface area (Å²) in [6.45, 7) is 2.14. The highest BCUT2D eigenvalue weighted by Gasteiger charge is 2.07. The average Bonchev–Trinajstić information content (AvgIpc) is 2.75. The quantitative estimate of drug-likeness (QED) is 0.854. The van der Waals surface area contributed by atoms with Gasteiger partial charge in [0.15, 0.2) is 0 Å². The molecule has 0 spiro atoms. The molecule has 1 aromatic heterocycles. The maximum absolute atomic E-state index is 5.58. The zero-order chi connectivity index (χ0) is 11.4. The summed E-state index contributed by atoms with van der Waals surface area (Å²) in [5.74, 6) is 1.31. The minimum absolute atomic E-state index is 0.590. The van der Waals surface area contributed by atoms with Crippen molar-refractivity contribution in [2.24, 2.45) is 0 Å². The predicted molar refractivity (Wildman–Crippen MR) is 66.0 cm³/mol. The Morgan fingerprint density at radius 1 is 1.31 bits per heavy atom. The van der Waals surface area contributed by atoms with Crippen molar-refractivity contribution in [3.63, 3.8) is 0 Å². The molecule has 0 unspecified atom stereocenters. The molecule has 2 aromatic rings. The van der Waals surface area contributed by atoms with E-state index in [0.717, 1.165) is 35.2 Å². The number of nitrogens with zero attached hydrogens (tertiary/aromatic N) is 2. The third kappa shape index (κ3) is 2.70. The smallest absolute Gasteiger partial charge is 0.247 e. The molecule has 0 aliphatic heterocycles. The van der Waals surface area contributed by atoms with Crippen LogP contribution in [0.3, 0.4) is 0 Å². The Kier molecular flexibility index (Phi) is 3.72. The molecule has 0 N–H and O–H groups in total.